The first-order chi connectivity index (χ1) is 10.2. The molecule has 21 heavy (non-hydrogen) atoms. The van der Waals surface area contributed by atoms with Crippen molar-refractivity contribution in [2.45, 2.75) is 25.9 Å². The summed E-state index contributed by atoms with van der Waals surface area (Å²) in [6.07, 6.45) is 1.11. The molecule has 2 atom stereocenters. The summed E-state index contributed by atoms with van der Waals surface area (Å²) in [4.78, 5) is 2.30. The van der Waals surface area contributed by atoms with Crippen molar-refractivity contribution in [3.63, 3.8) is 0 Å². The van der Waals surface area contributed by atoms with Gasteiger partial charge in [0.2, 0.25) is 0 Å². The lowest BCUT2D eigenvalue weighted by molar-refractivity contribution is 0.199. The predicted molar refractivity (Wildman–Crippen MR) is 87.0 cm³/mol. The van der Waals surface area contributed by atoms with Gasteiger partial charge in [-0.15, -0.1) is 0 Å². The molecule has 2 rings (SSSR count). The van der Waals surface area contributed by atoms with Gasteiger partial charge in [0.1, 0.15) is 0 Å². The van der Waals surface area contributed by atoms with E-state index >= 15 is 0 Å². The molecule has 0 saturated carbocycles. The normalized spacial score (nSPS) is 22.0. The molecule has 0 radical (unpaired) electrons. The average molecular weight is 313 g/mol. The van der Waals surface area contributed by atoms with E-state index in [1.165, 1.54) is 5.56 Å². The van der Waals surface area contributed by atoms with Gasteiger partial charge < -0.3 is 20.1 Å². The third-order valence-electron chi connectivity index (χ3n) is 4.22. The number of hydrogen-bond acceptors (Lipinski definition) is 4. The van der Waals surface area contributed by atoms with E-state index in [-0.39, 0.29) is 12.6 Å². The molecule has 1 fully saturated rings. The summed E-state index contributed by atoms with van der Waals surface area (Å²) in [6.45, 7) is 5.64. The van der Waals surface area contributed by atoms with Gasteiger partial charge in [0.05, 0.1) is 19.3 Å². The molecule has 0 bridgehead atoms. The van der Waals surface area contributed by atoms with Gasteiger partial charge in [-0.3, -0.25) is 0 Å². The molecule has 1 aliphatic heterocycles. The molecule has 0 amide bonds. The van der Waals surface area contributed by atoms with Crippen LogP contribution in [-0.4, -0.2) is 44.6 Å². The molecule has 1 aromatic carbocycles. The quantitative estimate of drug-likeness (QED) is 0.758. The fraction of sp³-hybridized carbons (Fsp3) is 0.625. The molecule has 1 saturated heterocycles. The summed E-state index contributed by atoms with van der Waals surface area (Å²) in [6, 6.07) is 6.18. The summed E-state index contributed by atoms with van der Waals surface area (Å²) in [5, 5.41) is 13.8. The third-order valence-corrected chi connectivity index (χ3v) is 4.46. The minimum Gasteiger partial charge on any atom is -0.394 e. The zero-order valence-electron chi connectivity index (χ0n) is 12.8. The molecule has 1 heterocycles. The van der Waals surface area contributed by atoms with Crippen molar-refractivity contribution >= 4 is 17.3 Å². The highest BCUT2D eigenvalue weighted by atomic mass is 35.5. The van der Waals surface area contributed by atoms with Crippen LogP contribution in [0.4, 0.5) is 5.69 Å². The fourth-order valence-electron chi connectivity index (χ4n) is 2.94. The summed E-state index contributed by atoms with van der Waals surface area (Å²) in [5.74, 6) is 0.503. The van der Waals surface area contributed by atoms with Crippen molar-refractivity contribution in [3.05, 3.63) is 28.8 Å². The van der Waals surface area contributed by atoms with E-state index in [1.54, 1.807) is 7.11 Å². The first-order valence-electron chi connectivity index (χ1n) is 7.53. The summed E-state index contributed by atoms with van der Waals surface area (Å²) >= 11 is 6.18. The molecule has 1 aromatic rings. The number of anilines is 1. The number of nitrogens with one attached hydrogen (secondary N) is 1. The number of aliphatic hydroxyl groups is 1. The Morgan fingerprint density at radius 1 is 1.48 bits per heavy atom. The number of rotatable bonds is 7. The highest BCUT2D eigenvalue weighted by molar-refractivity contribution is 6.30. The van der Waals surface area contributed by atoms with E-state index < -0.39 is 0 Å². The number of benzene rings is 1. The molecule has 1 aliphatic rings. The number of ether oxygens (including phenoxy) is 1. The number of nitrogens with zero attached hydrogens (tertiary/aromatic N) is 1. The van der Waals surface area contributed by atoms with E-state index in [9.17, 15) is 5.11 Å². The standard InChI is InChI=1S/C16H25ClN2O2/c1-12-5-7-19(16(12)11-20)15-9-14(17)4-3-13(15)10-18-6-8-21-2/h3-4,9,12,16,18,20H,5-8,10-11H2,1-2H3. The van der Waals surface area contributed by atoms with Crippen LogP contribution >= 0.6 is 11.6 Å². The van der Waals surface area contributed by atoms with E-state index in [0.29, 0.717) is 12.5 Å². The lowest BCUT2D eigenvalue weighted by atomic mass is 10.0. The van der Waals surface area contributed by atoms with Crippen molar-refractivity contribution in [2.24, 2.45) is 5.92 Å². The molecule has 2 unspecified atom stereocenters. The number of aliphatic hydroxyl groups excluding tert-OH is 1. The highest BCUT2D eigenvalue weighted by Gasteiger charge is 2.31. The van der Waals surface area contributed by atoms with Gasteiger partial charge in [-0.25, -0.2) is 0 Å². The van der Waals surface area contributed by atoms with E-state index in [4.69, 9.17) is 16.3 Å². The molecular weight excluding hydrogens is 288 g/mol. The van der Waals surface area contributed by atoms with Crippen LogP contribution in [0, 0.1) is 5.92 Å². The average Bonchev–Trinajstić information content (AvgIpc) is 2.85. The minimum atomic E-state index is 0.182. The molecule has 118 valence electrons. The zero-order chi connectivity index (χ0) is 15.2. The number of halogens is 1. The Morgan fingerprint density at radius 2 is 2.29 bits per heavy atom. The highest BCUT2D eigenvalue weighted by Crippen LogP contribution is 2.33. The maximum atomic E-state index is 9.67. The first kappa shape index (κ1) is 16.6. The van der Waals surface area contributed by atoms with Gasteiger partial charge in [0.15, 0.2) is 0 Å². The Bertz CT molecular complexity index is 456. The Morgan fingerprint density at radius 3 is 3.00 bits per heavy atom. The second-order valence-electron chi connectivity index (χ2n) is 5.65. The van der Waals surface area contributed by atoms with Crippen LogP contribution in [-0.2, 0) is 11.3 Å². The summed E-state index contributed by atoms with van der Waals surface area (Å²) in [5.41, 5.74) is 2.35. The van der Waals surface area contributed by atoms with Crippen molar-refractivity contribution in [3.8, 4) is 0 Å². The molecule has 2 N–H and O–H groups in total. The molecule has 0 aromatic heterocycles. The second kappa shape index (κ2) is 7.99. The largest absolute Gasteiger partial charge is 0.394 e. The lowest BCUT2D eigenvalue weighted by Gasteiger charge is -2.29. The van der Waals surface area contributed by atoms with Gasteiger partial charge in [-0.2, -0.15) is 0 Å². The molecule has 4 nitrogen and oxygen atoms in total. The van der Waals surface area contributed by atoms with Gasteiger partial charge >= 0.3 is 0 Å². The van der Waals surface area contributed by atoms with Crippen molar-refractivity contribution in [2.75, 3.05) is 38.3 Å². The molecular formula is C16H25ClN2O2. The maximum Gasteiger partial charge on any atom is 0.0637 e. The Labute approximate surface area is 132 Å². The minimum absolute atomic E-state index is 0.182. The fourth-order valence-corrected chi connectivity index (χ4v) is 3.10. The first-order valence-corrected chi connectivity index (χ1v) is 7.90. The summed E-state index contributed by atoms with van der Waals surface area (Å²) < 4.78 is 5.05. The van der Waals surface area contributed by atoms with Crippen molar-refractivity contribution in [1.82, 2.24) is 5.32 Å². The Hall–Kier alpha value is -0.810. The van der Waals surface area contributed by atoms with E-state index in [1.807, 2.05) is 12.1 Å². The monoisotopic (exact) mass is 312 g/mol. The lowest BCUT2D eigenvalue weighted by Crippen LogP contribution is -2.36. The smallest absolute Gasteiger partial charge is 0.0637 e. The van der Waals surface area contributed by atoms with Gasteiger partial charge in [-0.05, 0) is 30.0 Å². The number of hydrogen-bond donors (Lipinski definition) is 2. The van der Waals surface area contributed by atoms with Crippen LogP contribution in [0.5, 0.6) is 0 Å². The second-order valence-corrected chi connectivity index (χ2v) is 6.09. The Balaban J connectivity index is 2.15. The van der Waals surface area contributed by atoms with E-state index in [2.05, 4.69) is 23.2 Å². The Kier molecular flexibility index (Phi) is 6.30. The zero-order valence-corrected chi connectivity index (χ0v) is 13.6. The van der Waals surface area contributed by atoms with Gasteiger partial charge in [0, 0.05) is 37.5 Å². The topological polar surface area (TPSA) is 44.7 Å². The third kappa shape index (κ3) is 4.10. The number of methoxy groups -OCH3 is 1. The molecule has 0 aliphatic carbocycles. The van der Waals surface area contributed by atoms with Crippen LogP contribution in [0.25, 0.3) is 0 Å². The van der Waals surface area contributed by atoms with Crippen molar-refractivity contribution in [1.29, 1.82) is 0 Å². The van der Waals surface area contributed by atoms with Gasteiger partial charge in [-0.1, -0.05) is 24.6 Å². The molecule has 0 spiro atoms. The van der Waals surface area contributed by atoms with Crippen LogP contribution in [0.2, 0.25) is 5.02 Å². The predicted octanol–water partition coefficient (Wildman–Crippen LogP) is 2.28. The maximum absolute atomic E-state index is 9.67. The van der Waals surface area contributed by atoms with Crippen LogP contribution in [0.3, 0.4) is 0 Å². The SMILES string of the molecule is COCCNCc1ccc(Cl)cc1N1CCC(C)C1CO. The van der Waals surface area contributed by atoms with Crippen LogP contribution in [0.1, 0.15) is 18.9 Å². The van der Waals surface area contributed by atoms with Crippen molar-refractivity contribution < 1.29 is 9.84 Å². The van der Waals surface area contributed by atoms with Crippen LogP contribution in [0.15, 0.2) is 18.2 Å². The van der Waals surface area contributed by atoms with Gasteiger partial charge in [0.25, 0.3) is 0 Å². The summed E-state index contributed by atoms with van der Waals surface area (Å²) in [7, 11) is 1.70. The van der Waals surface area contributed by atoms with Crippen LogP contribution < -0.4 is 10.2 Å². The molecule has 5 heteroatoms. The van der Waals surface area contributed by atoms with E-state index in [0.717, 1.165) is 36.8 Å².